The van der Waals surface area contributed by atoms with E-state index in [9.17, 15) is 9.59 Å². The highest BCUT2D eigenvalue weighted by Crippen LogP contribution is 2.28. The number of imide groups is 1. The zero-order valence-electron chi connectivity index (χ0n) is 18.1. The lowest BCUT2D eigenvalue weighted by Crippen LogP contribution is -2.47. The first-order valence-corrected chi connectivity index (χ1v) is 10.6. The Bertz CT molecular complexity index is 716. The minimum absolute atomic E-state index is 0.0471. The number of methoxy groups -OCH3 is 1. The molecule has 2 aliphatic rings. The van der Waals surface area contributed by atoms with E-state index in [0.717, 1.165) is 50.6 Å². The van der Waals surface area contributed by atoms with Gasteiger partial charge in [0.15, 0.2) is 0 Å². The molecule has 1 N–H and O–H groups in total. The number of anilines is 1. The highest BCUT2D eigenvalue weighted by molar-refractivity contribution is 6.06. The maximum absolute atomic E-state index is 12.6. The highest BCUT2D eigenvalue weighted by Gasteiger charge is 2.44. The van der Waals surface area contributed by atoms with Crippen LogP contribution in [0.3, 0.4) is 0 Å². The predicted molar refractivity (Wildman–Crippen MR) is 114 cm³/mol. The minimum atomic E-state index is -0.383. The Balaban J connectivity index is 1.45. The number of hydrogen-bond donors (Lipinski definition) is 1. The number of carbonyl (C=O) groups excluding carboxylic acids is 2. The summed E-state index contributed by atoms with van der Waals surface area (Å²) in [7, 11) is 1.71. The van der Waals surface area contributed by atoms with Crippen molar-refractivity contribution >= 4 is 17.5 Å². The van der Waals surface area contributed by atoms with Gasteiger partial charge in [0, 0.05) is 38.8 Å². The molecule has 2 amide bonds. The molecule has 0 spiro atoms. The smallest absolute Gasteiger partial charge is 0.247 e. The van der Waals surface area contributed by atoms with Gasteiger partial charge in [-0.05, 0) is 25.1 Å². The number of nitrogens with one attached hydrogen (secondary N) is 1. The molecule has 3 rings (SSSR count). The van der Waals surface area contributed by atoms with Crippen molar-refractivity contribution in [2.45, 2.75) is 39.3 Å². The van der Waals surface area contributed by atoms with Gasteiger partial charge >= 0.3 is 0 Å². The van der Waals surface area contributed by atoms with Gasteiger partial charge in [0.1, 0.15) is 5.75 Å². The Kier molecular flexibility index (Phi) is 7.14. The second-order valence-corrected chi connectivity index (χ2v) is 8.27. The first-order valence-electron chi connectivity index (χ1n) is 10.6. The number of piperazine rings is 1. The van der Waals surface area contributed by atoms with Crippen LogP contribution in [-0.2, 0) is 9.59 Å². The monoisotopic (exact) mass is 402 g/mol. The molecule has 0 aliphatic carbocycles. The second kappa shape index (κ2) is 9.59. The normalized spacial score (nSPS) is 23.3. The summed E-state index contributed by atoms with van der Waals surface area (Å²) in [4.78, 5) is 31.3. The maximum atomic E-state index is 12.6. The molecular weight excluding hydrogens is 368 g/mol. The first kappa shape index (κ1) is 21.6. The molecule has 2 unspecified atom stereocenters. The number of nitrogens with zero attached hydrogens (tertiary/aromatic N) is 3. The topological polar surface area (TPSA) is 65.1 Å². The molecule has 2 heterocycles. The molecule has 160 valence electrons. The number of carbonyl (C=O) groups is 2. The van der Waals surface area contributed by atoms with Gasteiger partial charge < -0.3 is 15.0 Å². The zero-order chi connectivity index (χ0) is 21.0. The van der Waals surface area contributed by atoms with Crippen molar-refractivity contribution < 1.29 is 14.3 Å². The predicted octanol–water partition coefficient (Wildman–Crippen LogP) is 1.58. The van der Waals surface area contributed by atoms with Crippen LogP contribution < -0.4 is 15.0 Å². The summed E-state index contributed by atoms with van der Waals surface area (Å²) in [6.07, 6.45) is 0.813. The summed E-state index contributed by atoms with van der Waals surface area (Å²) in [6.45, 7) is 11.1. The van der Waals surface area contributed by atoms with Crippen molar-refractivity contribution in [2.24, 2.45) is 5.92 Å². The van der Waals surface area contributed by atoms with E-state index in [4.69, 9.17) is 4.74 Å². The van der Waals surface area contributed by atoms with Gasteiger partial charge in [-0.15, -0.1) is 0 Å². The third-order valence-corrected chi connectivity index (χ3v) is 5.85. The largest absolute Gasteiger partial charge is 0.495 e. The average Bonchev–Trinajstić information content (AvgIpc) is 2.92. The van der Waals surface area contributed by atoms with Crippen molar-refractivity contribution in [1.82, 2.24) is 15.1 Å². The van der Waals surface area contributed by atoms with E-state index < -0.39 is 0 Å². The van der Waals surface area contributed by atoms with Crippen LogP contribution in [0.5, 0.6) is 5.75 Å². The number of hydrogen-bond acceptors (Lipinski definition) is 6. The van der Waals surface area contributed by atoms with Crippen LogP contribution in [-0.4, -0.2) is 80.1 Å². The molecule has 1 aromatic rings. The van der Waals surface area contributed by atoms with Gasteiger partial charge in [0.05, 0.1) is 24.8 Å². The molecule has 0 saturated carbocycles. The van der Waals surface area contributed by atoms with Gasteiger partial charge in [-0.25, -0.2) is 0 Å². The number of rotatable bonds is 8. The highest BCUT2D eigenvalue weighted by atomic mass is 16.5. The van der Waals surface area contributed by atoms with E-state index in [1.54, 1.807) is 7.11 Å². The van der Waals surface area contributed by atoms with E-state index in [2.05, 4.69) is 21.2 Å². The zero-order valence-corrected chi connectivity index (χ0v) is 18.1. The van der Waals surface area contributed by atoms with Gasteiger partial charge in [0.25, 0.3) is 0 Å². The Morgan fingerprint density at radius 2 is 1.76 bits per heavy atom. The molecule has 1 aromatic carbocycles. The molecule has 7 nitrogen and oxygen atoms in total. The van der Waals surface area contributed by atoms with Crippen molar-refractivity contribution in [3.63, 3.8) is 0 Å². The lowest BCUT2D eigenvalue weighted by molar-refractivity contribution is -0.139. The second-order valence-electron chi connectivity index (χ2n) is 8.27. The fraction of sp³-hybridized carbons (Fsp3) is 0.636. The summed E-state index contributed by atoms with van der Waals surface area (Å²) in [6, 6.07) is 7.92. The summed E-state index contributed by atoms with van der Waals surface area (Å²) in [5.74, 6) is 0.506. The lowest BCUT2D eigenvalue weighted by atomic mass is 10.0. The fourth-order valence-corrected chi connectivity index (χ4v) is 4.23. The average molecular weight is 403 g/mol. The van der Waals surface area contributed by atoms with Gasteiger partial charge in [0.2, 0.25) is 11.8 Å². The molecule has 0 bridgehead atoms. The van der Waals surface area contributed by atoms with E-state index in [1.165, 1.54) is 4.90 Å². The quantitative estimate of drug-likeness (QED) is 0.666. The Morgan fingerprint density at radius 1 is 1.07 bits per heavy atom. The van der Waals surface area contributed by atoms with Crippen LogP contribution in [0.4, 0.5) is 5.69 Å². The maximum Gasteiger partial charge on any atom is 0.247 e. The third kappa shape index (κ3) is 4.90. The Hall–Kier alpha value is -2.12. The molecular formula is C22H34N4O3. The summed E-state index contributed by atoms with van der Waals surface area (Å²) in [5, 5.41) is 3.23. The lowest BCUT2D eigenvalue weighted by Gasteiger charge is -2.36. The number of benzene rings is 1. The third-order valence-electron chi connectivity index (χ3n) is 5.85. The number of likely N-dealkylation sites (tertiary alicyclic amines) is 1. The van der Waals surface area contributed by atoms with Gasteiger partial charge in [-0.2, -0.15) is 0 Å². The first-order chi connectivity index (χ1) is 13.9. The standard InChI is InChI=1S/C22H34N4O3/c1-16(2)23-20-17(3)21(27)26(22(20)28)11-7-10-24-12-14-25(15-13-24)18-8-5-6-9-19(18)29-4/h5-6,8-9,16-17,20,23H,7,10-15H2,1-4H3. The summed E-state index contributed by atoms with van der Waals surface area (Å²) >= 11 is 0. The van der Waals surface area contributed by atoms with Crippen LogP contribution in [0, 0.1) is 5.92 Å². The van der Waals surface area contributed by atoms with Crippen LogP contribution in [0.25, 0.3) is 0 Å². The minimum Gasteiger partial charge on any atom is -0.495 e. The van der Waals surface area contributed by atoms with Crippen LogP contribution in [0.1, 0.15) is 27.2 Å². The molecule has 0 radical (unpaired) electrons. The van der Waals surface area contributed by atoms with Crippen molar-refractivity contribution in [1.29, 1.82) is 0 Å². The Labute approximate surface area is 174 Å². The summed E-state index contributed by atoms with van der Waals surface area (Å²) < 4.78 is 5.48. The van der Waals surface area contributed by atoms with E-state index >= 15 is 0 Å². The molecule has 2 atom stereocenters. The van der Waals surface area contributed by atoms with E-state index in [0.29, 0.717) is 6.54 Å². The SMILES string of the molecule is COc1ccccc1N1CCN(CCCN2C(=O)C(C)C(NC(C)C)C2=O)CC1. The molecule has 7 heteroatoms. The van der Waals surface area contributed by atoms with Gasteiger partial charge in [-0.3, -0.25) is 19.4 Å². The number of ether oxygens (including phenoxy) is 1. The number of para-hydroxylation sites is 2. The van der Waals surface area contributed by atoms with E-state index in [-0.39, 0.29) is 29.8 Å². The van der Waals surface area contributed by atoms with Crippen molar-refractivity contribution in [3.8, 4) is 5.75 Å². The van der Waals surface area contributed by atoms with E-state index in [1.807, 2.05) is 39.0 Å². The van der Waals surface area contributed by atoms with Crippen molar-refractivity contribution in [2.75, 3.05) is 51.3 Å². The van der Waals surface area contributed by atoms with Crippen molar-refractivity contribution in [3.05, 3.63) is 24.3 Å². The van der Waals surface area contributed by atoms with Gasteiger partial charge in [-0.1, -0.05) is 32.9 Å². The number of amides is 2. The molecule has 2 aliphatic heterocycles. The fourth-order valence-electron chi connectivity index (χ4n) is 4.23. The molecule has 2 saturated heterocycles. The van der Waals surface area contributed by atoms with Crippen LogP contribution in [0.2, 0.25) is 0 Å². The molecule has 29 heavy (non-hydrogen) atoms. The Morgan fingerprint density at radius 3 is 2.41 bits per heavy atom. The molecule has 2 fully saturated rings. The van der Waals surface area contributed by atoms with Crippen LogP contribution in [0.15, 0.2) is 24.3 Å². The summed E-state index contributed by atoms with van der Waals surface area (Å²) in [5.41, 5.74) is 1.14. The molecule has 0 aromatic heterocycles. The van der Waals surface area contributed by atoms with Crippen LogP contribution >= 0.6 is 0 Å².